The zero-order chi connectivity index (χ0) is 25.4. The fraction of sp³-hybridized carbons (Fsp3) is 0.200. The third-order valence-electron chi connectivity index (χ3n) is 4.47. The molecule has 4 aromatic rings. The zero-order valence-electron chi connectivity index (χ0n) is 17.2. The van der Waals surface area contributed by atoms with Gasteiger partial charge < -0.3 is 10.1 Å². The Balaban J connectivity index is 1.58. The molecule has 0 radical (unpaired) electrons. The second-order valence-electron chi connectivity index (χ2n) is 7.15. The number of ether oxygens (including phenoxy) is 1. The van der Waals surface area contributed by atoms with Gasteiger partial charge in [-0.25, -0.2) is 14.2 Å². The molecule has 0 aliphatic heterocycles. The standard InChI is InChI=1S/C20H13ClF6N6O2/c21-12-3-1-11(2-4-12)14-5-16(20(25,26)27)33-17(30-14)6-15(31-33)18(34)29-13-7-28-32(8-13)10-35-9-19(22,23)24/h1-8H,9-10H2,(H,29,34). The average Bonchev–Trinajstić information content (AvgIpc) is 3.38. The highest BCUT2D eigenvalue weighted by molar-refractivity contribution is 6.30. The Kier molecular flexibility index (Phi) is 6.42. The molecule has 0 spiro atoms. The predicted molar refractivity (Wildman–Crippen MR) is 111 cm³/mol. The maximum Gasteiger partial charge on any atom is 0.433 e. The Hall–Kier alpha value is -3.65. The van der Waals surface area contributed by atoms with E-state index in [-0.39, 0.29) is 22.7 Å². The van der Waals surface area contributed by atoms with E-state index >= 15 is 0 Å². The summed E-state index contributed by atoms with van der Waals surface area (Å²) in [6.07, 6.45) is -7.01. The highest BCUT2D eigenvalue weighted by Gasteiger charge is 2.35. The lowest BCUT2D eigenvalue weighted by atomic mass is 10.1. The largest absolute Gasteiger partial charge is 0.433 e. The summed E-state index contributed by atoms with van der Waals surface area (Å²) in [5.74, 6) is -0.882. The Morgan fingerprint density at radius 1 is 1.09 bits per heavy atom. The van der Waals surface area contributed by atoms with Crippen LogP contribution < -0.4 is 5.32 Å². The van der Waals surface area contributed by atoms with Gasteiger partial charge in [-0.3, -0.25) is 4.79 Å². The minimum absolute atomic E-state index is 0.00603. The summed E-state index contributed by atoms with van der Waals surface area (Å²) in [6.45, 7) is -2.02. The van der Waals surface area contributed by atoms with Crippen molar-refractivity contribution in [1.29, 1.82) is 0 Å². The first-order valence-electron chi connectivity index (χ1n) is 9.61. The second kappa shape index (κ2) is 9.19. The van der Waals surface area contributed by atoms with Crippen molar-refractivity contribution >= 4 is 28.8 Å². The number of fused-ring (bicyclic) bond motifs is 1. The first-order chi connectivity index (χ1) is 16.4. The first kappa shape index (κ1) is 24.5. The van der Waals surface area contributed by atoms with E-state index in [2.05, 4.69) is 25.2 Å². The van der Waals surface area contributed by atoms with Crippen molar-refractivity contribution in [3.63, 3.8) is 0 Å². The number of aromatic nitrogens is 5. The molecule has 0 atom stereocenters. The summed E-state index contributed by atoms with van der Waals surface area (Å²) in [5, 5.41) is 10.2. The van der Waals surface area contributed by atoms with Crippen LogP contribution in [0.1, 0.15) is 16.2 Å². The molecule has 35 heavy (non-hydrogen) atoms. The Labute approximate surface area is 197 Å². The second-order valence-corrected chi connectivity index (χ2v) is 7.58. The lowest BCUT2D eigenvalue weighted by Crippen LogP contribution is -2.18. The number of rotatable bonds is 6. The number of anilines is 1. The first-order valence-corrected chi connectivity index (χ1v) is 9.99. The fourth-order valence-electron chi connectivity index (χ4n) is 3.00. The van der Waals surface area contributed by atoms with Crippen molar-refractivity contribution in [3.05, 3.63) is 65.2 Å². The van der Waals surface area contributed by atoms with Crippen molar-refractivity contribution in [2.45, 2.75) is 19.1 Å². The van der Waals surface area contributed by atoms with Gasteiger partial charge in [-0.2, -0.15) is 36.5 Å². The minimum atomic E-state index is -4.81. The van der Waals surface area contributed by atoms with Crippen molar-refractivity contribution in [2.75, 3.05) is 11.9 Å². The van der Waals surface area contributed by atoms with Gasteiger partial charge >= 0.3 is 12.4 Å². The van der Waals surface area contributed by atoms with Gasteiger partial charge in [0.05, 0.1) is 23.8 Å². The number of benzene rings is 1. The number of amides is 1. The van der Waals surface area contributed by atoms with Crippen LogP contribution in [0.3, 0.4) is 0 Å². The number of alkyl halides is 6. The molecular formula is C20H13ClF6N6O2. The number of halogens is 7. The SMILES string of the molecule is O=C(Nc1cnn(COCC(F)(F)F)c1)c1cc2nc(-c3ccc(Cl)cc3)cc(C(F)(F)F)n2n1. The number of hydrogen-bond acceptors (Lipinski definition) is 5. The molecular weight excluding hydrogens is 506 g/mol. The molecule has 0 unspecified atom stereocenters. The van der Waals surface area contributed by atoms with E-state index in [1.807, 2.05) is 0 Å². The van der Waals surface area contributed by atoms with E-state index in [9.17, 15) is 31.1 Å². The van der Waals surface area contributed by atoms with Crippen LogP contribution in [0.4, 0.5) is 32.0 Å². The molecule has 184 valence electrons. The molecule has 0 saturated heterocycles. The zero-order valence-corrected chi connectivity index (χ0v) is 18.0. The molecule has 3 heterocycles. The van der Waals surface area contributed by atoms with Crippen LogP contribution in [0.5, 0.6) is 0 Å². The molecule has 0 aliphatic rings. The number of carbonyl (C=O) groups excluding carboxylic acids is 1. The van der Waals surface area contributed by atoms with Gasteiger partial charge in [0.2, 0.25) is 0 Å². The van der Waals surface area contributed by atoms with Gasteiger partial charge in [-0.05, 0) is 18.2 Å². The van der Waals surface area contributed by atoms with Crippen LogP contribution in [0.2, 0.25) is 5.02 Å². The van der Waals surface area contributed by atoms with Crippen LogP contribution in [-0.2, 0) is 17.6 Å². The minimum Gasteiger partial charge on any atom is -0.350 e. The molecule has 0 fully saturated rings. The van der Waals surface area contributed by atoms with Gasteiger partial charge in [-0.1, -0.05) is 23.7 Å². The van der Waals surface area contributed by atoms with Crippen molar-refractivity contribution in [3.8, 4) is 11.3 Å². The maximum atomic E-state index is 13.7. The molecule has 8 nitrogen and oxygen atoms in total. The van der Waals surface area contributed by atoms with E-state index in [4.69, 9.17) is 11.6 Å². The van der Waals surface area contributed by atoms with Gasteiger partial charge in [0.1, 0.15) is 13.3 Å². The number of carbonyl (C=O) groups is 1. The molecule has 0 saturated carbocycles. The number of hydrogen-bond donors (Lipinski definition) is 1. The maximum absolute atomic E-state index is 13.7. The molecule has 15 heteroatoms. The van der Waals surface area contributed by atoms with Crippen LogP contribution in [0.25, 0.3) is 16.9 Å². The third kappa shape index (κ3) is 5.89. The van der Waals surface area contributed by atoms with Crippen molar-refractivity contribution in [2.24, 2.45) is 0 Å². The summed E-state index contributed by atoms with van der Waals surface area (Å²) < 4.78 is 83.5. The Morgan fingerprint density at radius 3 is 2.46 bits per heavy atom. The monoisotopic (exact) mass is 518 g/mol. The molecule has 0 bridgehead atoms. The topological polar surface area (TPSA) is 86.3 Å². The fourth-order valence-corrected chi connectivity index (χ4v) is 3.13. The van der Waals surface area contributed by atoms with E-state index in [1.165, 1.54) is 30.5 Å². The van der Waals surface area contributed by atoms with Gasteiger partial charge in [0.25, 0.3) is 5.91 Å². The van der Waals surface area contributed by atoms with Gasteiger partial charge in [-0.15, -0.1) is 0 Å². The summed E-state index contributed by atoms with van der Waals surface area (Å²) in [5.41, 5.74) is -1.33. The Morgan fingerprint density at radius 2 is 1.80 bits per heavy atom. The van der Waals surface area contributed by atoms with E-state index < -0.39 is 37.3 Å². The smallest absolute Gasteiger partial charge is 0.350 e. The summed E-state index contributed by atoms with van der Waals surface area (Å²) in [4.78, 5) is 16.7. The van der Waals surface area contributed by atoms with E-state index in [0.29, 0.717) is 15.1 Å². The summed E-state index contributed by atoms with van der Waals surface area (Å²) >= 11 is 5.83. The van der Waals surface area contributed by atoms with Gasteiger partial charge in [0, 0.05) is 16.7 Å². The van der Waals surface area contributed by atoms with Crippen LogP contribution in [0.15, 0.2) is 48.8 Å². The number of nitrogens with one attached hydrogen (secondary N) is 1. The average molecular weight is 519 g/mol. The lowest BCUT2D eigenvalue weighted by Gasteiger charge is -2.11. The van der Waals surface area contributed by atoms with Crippen LogP contribution in [-0.4, -0.2) is 43.1 Å². The van der Waals surface area contributed by atoms with Crippen molar-refractivity contribution < 1.29 is 35.9 Å². The highest BCUT2D eigenvalue weighted by Crippen LogP contribution is 2.32. The normalized spacial score (nSPS) is 12.3. The van der Waals surface area contributed by atoms with Crippen LogP contribution >= 0.6 is 11.6 Å². The summed E-state index contributed by atoms with van der Waals surface area (Å²) in [7, 11) is 0. The summed E-state index contributed by atoms with van der Waals surface area (Å²) in [6, 6.07) is 7.87. The highest BCUT2D eigenvalue weighted by atomic mass is 35.5. The van der Waals surface area contributed by atoms with E-state index in [0.717, 1.165) is 23.0 Å². The molecule has 0 aliphatic carbocycles. The van der Waals surface area contributed by atoms with Crippen LogP contribution in [0, 0.1) is 0 Å². The predicted octanol–water partition coefficient (Wildman–Crippen LogP) is 5.05. The molecule has 4 rings (SSSR count). The molecule has 1 amide bonds. The Bertz CT molecular complexity index is 1360. The van der Waals surface area contributed by atoms with Gasteiger partial charge in [0.15, 0.2) is 17.0 Å². The quantitative estimate of drug-likeness (QED) is 0.361. The molecule has 1 aromatic carbocycles. The molecule has 1 N–H and O–H groups in total. The molecule has 3 aromatic heterocycles. The van der Waals surface area contributed by atoms with E-state index in [1.54, 1.807) is 0 Å². The lowest BCUT2D eigenvalue weighted by molar-refractivity contribution is -0.182. The third-order valence-corrected chi connectivity index (χ3v) is 4.72. The number of nitrogens with zero attached hydrogens (tertiary/aromatic N) is 5. The van der Waals surface area contributed by atoms with Crippen molar-refractivity contribution in [1.82, 2.24) is 24.4 Å².